The van der Waals surface area contributed by atoms with E-state index in [4.69, 9.17) is 18.9 Å². The highest BCUT2D eigenvalue weighted by molar-refractivity contribution is 5.83. The Hall–Kier alpha value is -3.26. The number of hydrogen-bond donors (Lipinski definition) is 2. The summed E-state index contributed by atoms with van der Waals surface area (Å²) in [6.07, 6.45) is 74.1. The number of carbonyl (C=O) groups excluding carboxylic acids is 6. The summed E-state index contributed by atoms with van der Waals surface area (Å²) in [6, 6.07) is 0. The van der Waals surface area contributed by atoms with Gasteiger partial charge in [-0.25, -0.2) is 0 Å². The third kappa shape index (κ3) is 77.5. The molecule has 0 aromatic heterocycles. The molecule has 0 bridgehead atoms. The molecule has 14 heteroatoms. The predicted molar refractivity (Wildman–Crippen MR) is 449 cm³/mol. The molecule has 0 fully saturated rings. The van der Waals surface area contributed by atoms with Crippen LogP contribution >= 0.6 is 0 Å². The van der Waals surface area contributed by atoms with E-state index in [1.807, 2.05) is 0 Å². The van der Waals surface area contributed by atoms with Gasteiger partial charge in [-0.1, -0.05) is 324 Å². The zero-order valence-corrected chi connectivity index (χ0v) is 71.3. The Bertz CT molecular complexity index is 1740. The Morgan fingerprint density at radius 1 is 0.226 bits per heavy atom. The van der Waals surface area contributed by atoms with Crippen LogP contribution < -0.4 is 10.6 Å². The van der Waals surface area contributed by atoms with Gasteiger partial charge in [-0.15, -0.1) is 0 Å². The third-order valence-corrected chi connectivity index (χ3v) is 21.6. The second-order valence-electron chi connectivity index (χ2n) is 32.1. The number of nitrogens with zero attached hydrogens (tertiary/aromatic N) is 2. The monoisotopic (exact) mass is 1500 g/mol. The van der Waals surface area contributed by atoms with E-state index < -0.39 is 0 Å². The Balaban J connectivity index is 5.35. The van der Waals surface area contributed by atoms with E-state index >= 15 is 0 Å². The Kier molecular flexibility index (Phi) is 81.6. The molecule has 0 radical (unpaired) electrons. The van der Waals surface area contributed by atoms with Crippen molar-refractivity contribution in [2.75, 3.05) is 65.6 Å². The number of hydrogen-bond acceptors (Lipinski definition) is 12. The van der Waals surface area contributed by atoms with Crippen LogP contribution in [0.1, 0.15) is 478 Å². The number of rotatable bonds is 87. The maximum Gasteiger partial charge on any atom is 0.306 e. The molecule has 2 N–H and O–H groups in total. The molecule has 0 unspecified atom stereocenters. The average molecular weight is 1500 g/mol. The summed E-state index contributed by atoms with van der Waals surface area (Å²) in [6.45, 7) is 21.0. The Labute approximate surface area is 656 Å². The molecule has 0 atom stereocenters. The van der Waals surface area contributed by atoms with Crippen molar-refractivity contribution in [3.05, 3.63) is 0 Å². The topological polar surface area (TPSA) is 170 Å². The predicted octanol–water partition coefficient (Wildman–Crippen LogP) is 25.4. The number of carbonyl (C=O) groups is 6. The van der Waals surface area contributed by atoms with Crippen molar-refractivity contribution < 1.29 is 47.7 Å². The van der Waals surface area contributed by atoms with E-state index in [9.17, 15) is 28.8 Å². The Morgan fingerprint density at radius 2 is 0.434 bits per heavy atom. The lowest BCUT2D eigenvalue weighted by atomic mass is 10.0. The van der Waals surface area contributed by atoms with Gasteiger partial charge in [0.1, 0.15) is 12.2 Å². The van der Waals surface area contributed by atoms with Crippen molar-refractivity contribution in [1.29, 1.82) is 0 Å². The number of unbranched alkanes of at least 4 members (excludes halogenated alkanes) is 48. The largest absolute Gasteiger partial charge is 0.466 e. The van der Waals surface area contributed by atoms with Crippen LogP contribution in [0.25, 0.3) is 0 Å². The molecule has 0 saturated carbocycles. The Morgan fingerprint density at radius 3 is 0.689 bits per heavy atom. The van der Waals surface area contributed by atoms with Gasteiger partial charge in [0.25, 0.3) is 0 Å². The molecule has 2 amide bonds. The highest BCUT2D eigenvalue weighted by atomic mass is 16.6. The van der Waals surface area contributed by atoms with Gasteiger partial charge in [-0.2, -0.15) is 0 Å². The van der Waals surface area contributed by atoms with E-state index in [0.29, 0.717) is 52.0 Å². The summed E-state index contributed by atoms with van der Waals surface area (Å²) in [5, 5.41) is 6.27. The quantitative estimate of drug-likeness (QED) is 0.0336. The molecule has 106 heavy (non-hydrogen) atoms. The fourth-order valence-electron chi connectivity index (χ4n) is 14.6. The van der Waals surface area contributed by atoms with E-state index in [2.05, 4.69) is 62.0 Å². The maximum absolute atomic E-state index is 13.2. The first kappa shape index (κ1) is 103. The molecular weight excluding hydrogens is 1320 g/mol. The van der Waals surface area contributed by atoms with Crippen LogP contribution in [0.5, 0.6) is 0 Å². The van der Waals surface area contributed by atoms with Gasteiger partial charge in [-0.05, 0) is 142 Å². The van der Waals surface area contributed by atoms with Crippen LogP contribution in [0.3, 0.4) is 0 Å². The summed E-state index contributed by atoms with van der Waals surface area (Å²) >= 11 is 0. The highest BCUT2D eigenvalue weighted by Crippen LogP contribution is 2.22. The molecular formula is C92H178N4O10. The molecule has 0 aromatic rings. The van der Waals surface area contributed by atoms with Gasteiger partial charge in [0.2, 0.25) is 11.8 Å². The molecule has 0 aliphatic heterocycles. The average Bonchev–Trinajstić information content (AvgIpc) is 1.62. The molecule has 0 rings (SSSR count). The fourth-order valence-corrected chi connectivity index (χ4v) is 14.6. The van der Waals surface area contributed by atoms with E-state index in [0.717, 1.165) is 245 Å². The molecule has 0 spiro atoms. The van der Waals surface area contributed by atoms with Crippen molar-refractivity contribution in [3.63, 3.8) is 0 Å². The van der Waals surface area contributed by atoms with E-state index in [1.54, 1.807) is 0 Å². The van der Waals surface area contributed by atoms with Crippen molar-refractivity contribution >= 4 is 35.7 Å². The van der Waals surface area contributed by atoms with E-state index in [1.165, 1.54) is 193 Å². The molecule has 0 aromatic carbocycles. The number of esters is 4. The minimum absolute atomic E-state index is 0.0175. The standard InChI is InChI=1S/C92H178N4O10/c1-7-13-19-25-31-41-55-69-89(99)103-83-63-49-35-47-61-79-95(77-59-45-33-43-57-71-91(101)105-85(65-51-37-27-21-15-9-3)66-52-38-28-22-16-10-4)81-75-93-87(97)73-74-88(98)94-76-82-96(80-62-48-36-50-64-84-104-90(100)70-56-42-32-26-20-14-8-2)78-60-46-34-44-58-72-92(102)106-86(67-53-39-29-23-17-11-5)68-54-40-30-24-18-12-6/h85-86H,7-84H2,1-6H3,(H,93,97)(H,94,98). The fraction of sp³-hybridized carbons (Fsp3) is 0.935. The van der Waals surface area contributed by atoms with Crippen molar-refractivity contribution in [3.8, 4) is 0 Å². The second kappa shape index (κ2) is 84.2. The summed E-state index contributed by atoms with van der Waals surface area (Å²) in [4.78, 5) is 82.3. The van der Waals surface area contributed by atoms with Crippen LogP contribution in [0.2, 0.25) is 0 Å². The van der Waals surface area contributed by atoms with Crippen LogP contribution in [0.15, 0.2) is 0 Å². The minimum Gasteiger partial charge on any atom is -0.466 e. The van der Waals surface area contributed by atoms with Gasteiger partial charge in [0.05, 0.1) is 13.2 Å². The first-order valence-corrected chi connectivity index (χ1v) is 46.7. The molecule has 0 saturated heterocycles. The first-order chi connectivity index (χ1) is 52.0. The summed E-state index contributed by atoms with van der Waals surface area (Å²) in [5.41, 5.74) is 0. The molecule has 14 nitrogen and oxygen atoms in total. The summed E-state index contributed by atoms with van der Waals surface area (Å²) < 4.78 is 23.4. The summed E-state index contributed by atoms with van der Waals surface area (Å²) in [5.74, 6) is -0.333. The lowest BCUT2D eigenvalue weighted by Crippen LogP contribution is -2.37. The number of ether oxygens (including phenoxy) is 4. The van der Waals surface area contributed by atoms with Crippen molar-refractivity contribution in [2.24, 2.45) is 0 Å². The van der Waals surface area contributed by atoms with Gasteiger partial charge in [-0.3, -0.25) is 28.8 Å². The first-order valence-electron chi connectivity index (χ1n) is 46.7. The van der Waals surface area contributed by atoms with Crippen LogP contribution in [0.4, 0.5) is 0 Å². The maximum atomic E-state index is 13.2. The zero-order chi connectivity index (χ0) is 77.2. The van der Waals surface area contributed by atoms with E-state index in [-0.39, 0.29) is 60.7 Å². The molecule has 626 valence electrons. The molecule has 0 heterocycles. The zero-order valence-electron chi connectivity index (χ0n) is 71.3. The lowest BCUT2D eigenvalue weighted by molar-refractivity contribution is -0.151. The summed E-state index contributed by atoms with van der Waals surface area (Å²) in [7, 11) is 0. The van der Waals surface area contributed by atoms with Crippen LogP contribution in [-0.2, 0) is 47.7 Å². The number of amides is 2. The lowest BCUT2D eigenvalue weighted by Gasteiger charge is -2.23. The van der Waals surface area contributed by atoms with Crippen molar-refractivity contribution in [1.82, 2.24) is 20.4 Å². The van der Waals surface area contributed by atoms with Crippen LogP contribution in [-0.4, -0.2) is 123 Å². The van der Waals surface area contributed by atoms with Gasteiger partial charge >= 0.3 is 23.9 Å². The van der Waals surface area contributed by atoms with Gasteiger partial charge in [0.15, 0.2) is 0 Å². The second-order valence-corrected chi connectivity index (χ2v) is 32.1. The smallest absolute Gasteiger partial charge is 0.306 e. The molecule has 0 aliphatic carbocycles. The molecule has 0 aliphatic rings. The van der Waals surface area contributed by atoms with Crippen LogP contribution in [0, 0.1) is 0 Å². The highest BCUT2D eigenvalue weighted by Gasteiger charge is 2.18. The number of nitrogens with one attached hydrogen (secondary N) is 2. The minimum atomic E-state index is -0.0933. The normalized spacial score (nSPS) is 11.6. The SMILES string of the molecule is CCCCCCCCCC(=O)OCCCCCCCN(CCCCCCCC(=O)OC(CCCCCCCC)CCCCCCCC)CCNC(=O)CCC(=O)NCCN(CCCCCCCOC(=O)CCCCCCCCC)CCCCCCCC(=O)OC(CCCCCCCC)CCCCCCCC. The van der Waals surface area contributed by atoms with Crippen molar-refractivity contribution in [2.45, 2.75) is 490 Å². The van der Waals surface area contributed by atoms with Gasteiger partial charge in [0, 0.05) is 64.7 Å². The third-order valence-electron chi connectivity index (χ3n) is 21.6. The van der Waals surface area contributed by atoms with Gasteiger partial charge < -0.3 is 39.4 Å².